The Bertz CT molecular complexity index is 546. The average Bonchev–Trinajstić information content (AvgIpc) is 2.51. The highest BCUT2D eigenvalue weighted by Crippen LogP contribution is 2.10. The minimum Gasteiger partial charge on any atom is -0.370 e. The topological polar surface area (TPSA) is 113 Å². The molecule has 0 aliphatic heterocycles. The lowest BCUT2D eigenvalue weighted by Crippen LogP contribution is -2.30. The fraction of sp³-hybridized carbons (Fsp3) is 0.438. The molecular weight excluding hydrogens is 296 g/mol. The lowest BCUT2D eigenvalue weighted by Gasteiger charge is -2.09. The molecule has 0 spiro atoms. The Balaban J connectivity index is 2.47. The molecule has 4 amide bonds. The van der Waals surface area contributed by atoms with Gasteiger partial charge in [-0.05, 0) is 24.6 Å². The molecule has 0 radical (unpaired) electrons. The number of anilines is 1. The first-order chi connectivity index (χ1) is 11.0. The van der Waals surface area contributed by atoms with Gasteiger partial charge in [0.25, 0.3) is 5.91 Å². The van der Waals surface area contributed by atoms with Crippen LogP contribution in [0.3, 0.4) is 0 Å². The summed E-state index contributed by atoms with van der Waals surface area (Å²) in [4.78, 5) is 34.3. The summed E-state index contributed by atoms with van der Waals surface area (Å²) in [6.07, 6.45) is 3.19. The molecular formula is C16H24N4O3. The van der Waals surface area contributed by atoms with E-state index in [1.54, 1.807) is 24.3 Å². The van der Waals surface area contributed by atoms with Gasteiger partial charge in [-0.1, -0.05) is 25.8 Å². The maximum absolute atomic E-state index is 11.9. The van der Waals surface area contributed by atoms with Crippen molar-refractivity contribution < 1.29 is 14.4 Å². The average molecular weight is 320 g/mol. The van der Waals surface area contributed by atoms with Gasteiger partial charge in [-0.3, -0.25) is 9.59 Å². The van der Waals surface area contributed by atoms with Crippen LogP contribution in [0.1, 0.15) is 43.0 Å². The monoisotopic (exact) mass is 320 g/mol. The van der Waals surface area contributed by atoms with Gasteiger partial charge in [0, 0.05) is 30.8 Å². The van der Waals surface area contributed by atoms with Crippen LogP contribution >= 0.6 is 0 Å². The van der Waals surface area contributed by atoms with Gasteiger partial charge in [-0.2, -0.15) is 0 Å². The number of nitrogens with one attached hydrogen (secondary N) is 3. The third-order valence-corrected chi connectivity index (χ3v) is 3.11. The van der Waals surface area contributed by atoms with E-state index >= 15 is 0 Å². The summed E-state index contributed by atoms with van der Waals surface area (Å²) in [6, 6.07) is 6.28. The number of hydrogen-bond donors (Lipinski definition) is 4. The first-order valence-corrected chi connectivity index (χ1v) is 7.74. The van der Waals surface area contributed by atoms with Crippen molar-refractivity contribution in [2.75, 3.05) is 18.4 Å². The van der Waals surface area contributed by atoms with Crippen LogP contribution < -0.4 is 21.7 Å². The zero-order chi connectivity index (χ0) is 17.1. The van der Waals surface area contributed by atoms with E-state index in [4.69, 9.17) is 5.73 Å². The highest BCUT2D eigenvalue weighted by atomic mass is 16.2. The molecule has 7 heteroatoms. The Labute approximate surface area is 136 Å². The first-order valence-electron chi connectivity index (χ1n) is 7.74. The molecule has 0 aromatic heterocycles. The molecule has 126 valence electrons. The van der Waals surface area contributed by atoms with Crippen molar-refractivity contribution in [1.29, 1.82) is 0 Å². The molecule has 0 saturated carbocycles. The van der Waals surface area contributed by atoms with Crippen LogP contribution in [0, 0.1) is 0 Å². The van der Waals surface area contributed by atoms with Gasteiger partial charge < -0.3 is 21.7 Å². The van der Waals surface area contributed by atoms with Crippen LogP contribution in [0.2, 0.25) is 0 Å². The summed E-state index contributed by atoms with van der Waals surface area (Å²) < 4.78 is 0. The van der Waals surface area contributed by atoms with Crippen molar-refractivity contribution in [2.45, 2.75) is 32.6 Å². The molecule has 1 rings (SSSR count). The van der Waals surface area contributed by atoms with Gasteiger partial charge in [0.15, 0.2) is 0 Å². The molecule has 0 unspecified atom stereocenters. The number of primary amides is 1. The first kappa shape index (κ1) is 18.5. The highest BCUT2D eigenvalue weighted by Gasteiger charge is 2.07. The van der Waals surface area contributed by atoms with E-state index in [-0.39, 0.29) is 24.9 Å². The van der Waals surface area contributed by atoms with E-state index in [0.717, 1.165) is 19.3 Å². The standard InChI is InChI=1S/C16H24N4O3/c1-2-3-4-9-19-16(23)20-13-7-5-6-12(11-13)15(22)18-10-8-14(17)21/h5-7,11H,2-4,8-10H2,1H3,(H2,17,21)(H,18,22)(H2,19,20,23). The number of rotatable bonds is 9. The van der Waals surface area contributed by atoms with Gasteiger partial charge in [0.1, 0.15) is 0 Å². The predicted molar refractivity (Wildman–Crippen MR) is 89.1 cm³/mol. The van der Waals surface area contributed by atoms with E-state index in [0.29, 0.717) is 17.8 Å². The third-order valence-electron chi connectivity index (χ3n) is 3.11. The maximum Gasteiger partial charge on any atom is 0.319 e. The van der Waals surface area contributed by atoms with Crippen LogP contribution in [0.4, 0.5) is 10.5 Å². The molecule has 7 nitrogen and oxygen atoms in total. The van der Waals surface area contributed by atoms with E-state index in [2.05, 4.69) is 22.9 Å². The zero-order valence-corrected chi connectivity index (χ0v) is 13.4. The molecule has 5 N–H and O–H groups in total. The Morgan fingerprint density at radius 2 is 1.87 bits per heavy atom. The zero-order valence-electron chi connectivity index (χ0n) is 13.4. The number of carbonyl (C=O) groups is 3. The normalized spacial score (nSPS) is 9.96. The molecule has 0 bridgehead atoms. The summed E-state index contributed by atoms with van der Waals surface area (Å²) in [5.74, 6) is -0.793. The van der Waals surface area contributed by atoms with Crippen LogP contribution in [0.25, 0.3) is 0 Å². The summed E-state index contributed by atoms with van der Waals surface area (Å²) in [6.45, 7) is 2.90. The van der Waals surface area contributed by atoms with Gasteiger partial charge >= 0.3 is 6.03 Å². The quantitative estimate of drug-likeness (QED) is 0.518. The van der Waals surface area contributed by atoms with Crippen LogP contribution in [-0.4, -0.2) is 30.9 Å². The van der Waals surface area contributed by atoms with Crippen molar-refractivity contribution in [2.24, 2.45) is 5.73 Å². The van der Waals surface area contributed by atoms with Crippen molar-refractivity contribution in [1.82, 2.24) is 10.6 Å². The number of urea groups is 1. The van der Waals surface area contributed by atoms with E-state index in [9.17, 15) is 14.4 Å². The van der Waals surface area contributed by atoms with E-state index in [1.165, 1.54) is 0 Å². The number of amides is 4. The van der Waals surface area contributed by atoms with Crippen LogP contribution in [-0.2, 0) is 4.79 Å². The molecule has 0 heterocycles. The number of carbonyl (C=O) groups excluding carboxylic acids is 3. The Morgan fingerprint density at radius 3 is 2.57 bits per heavy atom. The number of unbranched alkanes of at least 4 members (excludes halogenated alkanes) is 2. The Morgan fingerprint density at radius 1 is 1.09 bits per heavy atom. The molecule has 1 aromatic rings. The van der Waals surface area contributed by atoms with E-state index < -0.39 is 5.91 Å². The van der Waals surface area contributed by atoms with Crippen molar-refractivity contribution in [3.8, 4) is 0 Å². The second-order valence-corrected chi connectivity index (χ2v) is 5.14. The summed E-state index contributed by atoms with van der Waals surface area (Å²) in [5.41, 5.74) is 5.94. The largest absolute Gasteiger partial charge is 0.370 e. The van der Waals surface area contributed by atoms with Gasteiger partial charge in [-0.15, -0.1) is 0 Å². The minimum absolute atomic E-state index is 0.0871. The molecule has 0 saturated heterocycles. The number of benzene rings is 1. The Kier molecular flexibility index (Phi) is 8.20. The molecule has 0 atom stereocenters. The molecule has 1 aromatic carbocycles. The Hall–Kier alpha value is -2.57. The smallest absolute Gasteiger partial charge is 0.319 e. The molecule has 23 heavy (non-hydrogen) atoms. The number of nitrogens with two attached hydrogens (primary N) is 1. The maximum atomic E-state index is 11.9. The fourth-order valence-corrected chi connectivity index (χ4v) is 1.89. The molecule has 0 fully saturated rings. The van der Waals surface area contributed by atoms with Crippen LogP contribution in [0.5, 0.6) is 0 Å². The van der Waals surface area contributed by atoms with Crippen molar-refractivity contribution in [3.05, 3.63) is 29.8 Å². The summed E-state index contributed by atoms with van der Waals surface area (Å²) >= 11 is 0. The number of hydrogen-bond acceptors (Lipinski definition) is 3. The molecule has 0 aliphatic rings. The van der Waals surface area contributed by atoms with Gasteiger partial charge in [0.05, 0.1) is 0 Å². The third kappa shape index (κ3) is 7.85. The highest BCUT2D eigenvalue weighted by molar-refractivity contribution is 5.97. The summed E-state index contributed by atoms with van der Waals surface area (Å²) in [7, 11) is 0. The van der Waals surface area contributed by atoms with Crippen LogP contribution in [0.15, 0.2) is 24.3 Å². The fourth-order valence-electron chi connectivity index (χ4n) is 1.89. The second kappa shape index (κ2) is 10.2. The van der Waals surface area contributed by atoms with Crippen molar-refractivity contribution >= 4 is 23.5 Å². The minimum atomic E-state index is -0.472. The SMILES string of the molecule is CCCCCNC(=O)Nc1cccc(C(=O)NCCC(N)=O)c1. The predicted octanol–water partition coefficient (Wildman–Crippen LogP) is 1.60. The summed E-state index contributed by atoms with van der Waals surface area (Å²) in [5, 5.41) is 8.03. The van der Waals surface area contributed by atoms with Crippen molar-refractivity contribution in [3.63, 3.8) is 0 Å². The van der Waals surface area contributed by atoms with E-state index in [1.807, 2.05) is 0 Å². The lowest BCUT2D eigenvalue weighted by atomic mass is 10.2. The van der Waals surface area contributed by atoms with Gasteiger partial charge in [0.2, 0.25) is 5.91 Å². The lowest BCUT2D eigenvalue weighted by molar-refractivity contribution is -0.117. The molecule has 0 aliphatic carbocycles. The van der Waals surface area contributed by atoms with Gasteiger partial charge in [-0.25, -0.2) is 4.79 Å². The second-order valence-electron chi connectivity index (χ2n) is 5.14.